The summed E-state index contributed by atoms with van der Waals surface area (Å²) in [6.07, 6.45) is 6.20. The summed E-state index contributed by atoms with van der Waals surface area (Å²) in [5, 5.41) is 2.84. The van der Waals surface area contributed by atoms with Crippen molar-refractivity contribution < 1.29 is 9.18 Å². The first-order chi connectivity index (χ1) is 12.1. The van der Waals surface area contributed by atoms with Crippen LogP contribution in [-0.4, -0.2) is 35.5 Å². The Morgan fingerprint density at radius 3 is 2.68 bits per heavy atom. The van der Waals surface area contributed by atoms with E-state index >= 15 is 0 Å². The molecule has 0 spiro atoms. The molecule has 1 saturated heterocycles. The van der Waals surface area contributed by atoms with Gasteiger partial charge in [0.1, 0.15) is 5.82 Å². The Morgan fingerprint density at radius 2 is 2.00 bits per heavy atom. The van der Waals surface area contributed by atoms with Crippen LogP contribution in [0.4, 0.5) is 10.3 Å². The molecule has 1 unspecified atom stereocenters. The SMILES string of the molecule is CC1CCCN(c2ncc(C(=O)NCCc3ccc(F)cc3)cn2)C1. The minimum absolute atomic E-state index is 0.194. The molecule has 0 radical (unpaired) electrons. The lowest BCUT2D eigenvalue weighted by atomic mass is 10.0. The van der Waals surface area contributed by atoms with Crippen molar-refractivity contribution in [3.63, 3.8) is 0 Å². The second-order valence-corrected chi connectivity index (χ2v) is 6.60. The number of anilines is 1. The lowest BCUT2D eigenvalue weighted by Gasteiger charge is -2.30. The van der Waals surface area contributed by atoms with E-state index in [-0.39, 0.29) is 11.7 Å². The fraction of sp³-hybridized carbons (Fsp3) is 0.421. The number of carbonyl (C=O) groups is 1. The van der Waals surface area contributed by atoms with Crippen molar-refractivity contribution in [3.8, 4) is 0 Å². The van der Waals surface area contributed by atoms with E-state index in [0.717, 1.165) is 25.1 Å². The molecular formula is C19H23FN4O. The van der Waals surface area contributed by atoms with Crippen LogP contribution in [0.5, 0.6) is 0 Å². The first-order valence-corrected chi connectivity index (χ1v) is 8.71. The number of rotatable bonds is 5. The summed E-state index contributed by atoms with van der Waals surface area (Å²) in [4.78, 5) is 23.0. The summed E-state index contributed by atoms with van der Waals surface area (Å²) in [5.41, 5.74) is 1.43. The van der Waals surface area contributed by atoms with Crippen molar-refractivity contribution in [2.24, 2.45) is 5.92 Å². The van der Waals surface area contributed by atoms with Gasteiger partial charge in [0.15, 0.2) is 0 Å². The van der Waals surface area contributed by atoms with E-state index in [1.165, 1.54) is 18.6 Å². The van der Waals surface area contributed by atoms with Crippen LogP contribution in [0, 0.1) is 11.7 Å². The number of hydrogen-bond acceptors (Lipinski definition) is 4. The molecule has 6 heteroatoms. The number of hydrogen-bond donors (Lipinski definition) is 1. The third-order valence-corrected chi connectivity index (χ3v) is 4.45. The summed E-state index contributed by atoms with van der Waals surface area (Å²) < 4.78 is 12.9. The lowest BCUT2D eigenvalue weighted by Crippen LogP contribution is -2.35. The van der Waals surface area contributed by atoms with E-state index in [2.05, 4.69) is 27.1 Å². The van der Waals surface area contributed by atoms with Crippen LogP contribution in [-0.2, 0) is 6.42 Å². The number of aromatic nitrogens is 2. The zero-order chi connectivity index (χ0) is 17.6. The lowest BCUT2D eigenvalue weighted by molar-refractivity contribution is 0.0953. The quantitative estimate of drug-likeness (QED) is 0.908. The Hall–Kier alpha value is -2.50. The summed E-state index contributed by atoms with van der Waals surface area (Å²) in [6.45, 7) is 4.64. The molecular weight excluding hydrogens is 319 g/mol. The second-order valence-electron chi connectivity index (χ2n) is 6.60. The van der Waals surface area contributed by atoms with E-state index < -0.39 is 0 Å². The number of amides is 1. The zero-order valence-corrected chi connectivity index (χ0v) is 14.4. The van der Waals surface area contributed by atoms with E-state index in [0.29, 0.717) is 30.4 Å². The maximum atomic E-state index is 12.9. The number of carbonyl (C=O) groups excluding carboxylic acids is 1. The molecule has 1 aromatic heterocycles. The predicted molar refractivity (Wildman–Crippen MR) is 95.1 cm³/mol. The van der Waals surface area contributed by atoms with Crippen LogP contribution in [0.1, 0.15) is 35.7 Å². The van der Waals surface area contributed by atoms with E-state index in [4.69, 9.17) is 0 Å². The largest absolute Gasteiger partial charge is 0.352 e. The average molecular weight is 342 g/mol. The molecule has 2 aromatic rings. The molecule has 1 atom stereocenters. The van der Waals surface area contributed by atoms with Crippen molar-refractivity contribution in [2.45, 2.75) is 26.2 Å². The summed E-state index contributed by atoms with van der Waals surface area (Å²) in [7, 11) is 0. The normalized spacial score (nSPS) is 17.4. The van der Waals surface area contributed by atoms with Crippen LogP contribution >= 0.6 is 0 Å². The van der Waals surface area contributed by atoms with Gasteiger partial charge in [-0.05, 0) is 42.9 Å². The van der Waals surface area contributed by atoms with Crippen molar-refractivity contribution in [2.75, 3.05) is 24.5 Å². The van der Waals surface area contributed by atoms with Crippen LogP contribution in [0.25, 0.3) is 0 Å². The number of piperidine rings is 1. The van der Waals surface area contributed by atoms with E-state index in [1.807, 2.05) is 0 Å². The van der Waals surface area contributed by atoms with Crippen molar-refractivity contribution in [3.05, 3.63) is 53.6 Å². The van der Waals surface area contributed by atoms with Crippen LogP contribution in [0.2, 0.25) is 0 Å². The smallest absolute Gasteiger partial charge is 0.254 e. The Morgan fingerprint density at radius 1 is 1.28 bits per heavy atom. The third-order valence-electron chi connectivity index (χ3n) is 4.45. The van der Waals surface area contributed by atoms with E-state index in [9.17, 15) is 9.18 Å². The summed E-state index contributed by atoms with van der Waals surface area (Å²) in [6, 6.07) is 6.29. The molecule has 5 nitrogen and oxygen atoms in total. The third kappa shape index (κ3) is 4.75. The molecule has 1 aliphatic heterocycles. The molecule has 1 aliphatic rings. The first kappa shape index (κ1) is 17.3. The molecule has 1 N–H and O–H groups in total. The minimum Gasteiger partial charge on any atom is -0.352 e. The molecule has 0 saturated carbocycles. The first-order valence-electron chi connectivity index (χ1n) is 8.71. The Bertz CT molecular complexity index is 702. The monoisotopic (exact) mass is 342 g/mol. The van der Waals surface area contributed by atoms with Gasteiger partial charge in [-0.1, -0.05) is 19.1 Å². The molecule has 25 heavy (non-hydrogen) atoms. The standard InChI is InChI=1S/C19H23FN4O/c1-14-3-2-10-24(13-14)19-22-11-16(12-23-19)18(25)21-9-8-15-4-6-17(20)7-5-15/h4-7,11-12,14H,2-3,8-10,13H2,1H3,(H,21,25). The molecule has 1 aromatic carbocycles. The fourth-order valence-electron chi connectivity index (χ4n) is 3.05. The zero-order valence-electron chi connectivity index (χ0n) is 14.4. The van der Waals surface area contributed by atoms with Gasteiger partial charge in [-0.25, -0.2) is 14.4 Å². The van der Waals surface area contributed by atoms with Crippen LogP contribution in [0.15, 0.2) is 36.7 Å². The Kier molecular flexibility index (Phi) is 5.58. The van der Waals surface area contributed by atoms with Gasteiger partial charge in [0.2, 0.25) is 5.95 Å². The van der Waals surface area contributed by atoms with Gasteiger partial charge >= 0.3 is 0 Å². The highest BCUT2D eigenvalue weighted by molar-refractivity contribution is 5.93. The second kappa shape index (κ2) is 8.05. The van der Waals surface area contributed by atoms with Gasteiger partial charge in [-0.3, -0.25) is 4.79 Å². The molecule has 0 bridgehead atoms. The number of nitrogens with one attached hydrogen (secondary N) is 1. The Balaban J connectivity index is 1.51. The van der Waals surface area contributed by atoms with Crippen LogP contribution in [0.3, 0.4) is 0 Å². The van der Waals surface area contributed by atoms with Gasteiger partial charge in [0, 0.05) is 32.0 Å². The molecule has 2 heterocycles. The van der Waals surface area contributed by atoms with Gasteiger partial charge < -0.3 is 10.2 Å². The van der Waals surface area contributed by atoms with Crippen molar-refractivity contribution in [1.29, 1.82) is 0 Å². The number of nitrogens with zero attached hydrogens (tertiary/aromatic N) is 3. The fourth-order valence-corrected chi connectivity index (χ4v) is 3.05. The molecule has 0 aliphatic carbocycles. The molecule has 1 fully saturated rings. The Labute approximate surface area is 147 Å². The highest BCUT2D eigenvalue weighted by Gasteiger charge is 2.18. The summed E-state index contributed by atoms with van der Waals surface area (Å²) >= 11 is 0. The molecule has 1 amide bonds. The molecule has 132 valence electrons. The van der Waals surface area contributed by atoms with Gasteiger partial charge in [-0.15, -0.1) is 0 Å². The van der Waals surface area contributed by atoms with Gasteiger partial charge in [0.25, 0.3) is 5.91 Å². The predicted octanol–water partition coefficient (Wildman–Crippen LogP) is 2.82. The van der Waals surface area contributed by atoms with Crippen LogP contribution < -0.4 is 10.2 Å². The van der Waals surface area contributed by atoms with Gasteiger partial charge in [-0.2, -0.15) is 0 Å². The van der Waals surface area contributed by atoms with Crippen molar-refractivity contribution in [1.82, 2.24) is 15.3 Å². The maximum Gasteiger partial charge on any atom is 0.254 e. The summed E-state index contributed by atoms with van der Waals surface area (Å²) in [5.74, 6) is 0.884. The highest BCUT2D eigenvalue weighted by atomic mass is 19.1. The topological polar surface area (TPSA) is 58.1 Å². The number of halogens is 1. The molecule has 3 rings (SSSR count). The maximum absolute atomic E-state index is 12.9. The van der Waals surface area contributed by atoms with E-state index in [1.54, 1.807) is 24.5 Å². The highest BCUT2D eigenvalue weighted by Crippen LogP contribution is 2.19. The van der Waals surface area contributed by atoms with Gasteiger partial charge in [0.05, 0.1) is 5.56 Å². The average Bonchev–Trinajstić information content (AvgIpc) is 2.63. The van der Waals surface area contributed by atoms with Crippen molar-refractivity contribution >= 4 is 11.9 Å². The number of benzene rings is 1. The minimum atomic E-state index is -0.256.